The van der Waals surface area contributed by atoms with Gasteiger partial charge in [0.15, 0.2) is 0 Å². The number of amides is 1. The SMILES string of the molecule is CCCCCCCCCCCCCCC(=O)N1CCCCCC1. The average molecular weight is 324 g/mol. The molecule has 0 unspecified atom stereocenters. The molecule has 1 heterocycles. The van der Waals surface area contributed by atoms with E-state index in [2.05, 4.69) is 11.8 Å². The van der Waals surface area contributed by atoms with Crippen LogP contribution in [0.5, 0.6) is 0 Å². The number of carbonyl (C=O) groups excluding carboxylic acids is 1. The summed E-state index contributed by atoms with van der Waals surface area (Å²) in [7, 11) is 0. The predicted molar refractivity (Wildman–Crippen MR) is 101 cm³/mol. The van der Waals surface area contributed by atoms with Gasteiger partial charge in [-0.1, -0.05) is 90.4 Å². The minimum Gasteiger partial charge on any atom is -0.343 e. The summed E-state index contributed by atoms with van der Waals surface area (Å²) in [4.78, 5) is 14.3. The second-order valence-corrected chi connectivity index (χ2v) is 7.43. The van der Waals surface area contributed by atoms with Crippen LogP contribution in [0.1, 0.15) is 116 Å². The van der Waals surface area contributed by atoms with Crippen molar-refractivity contribution in [2.75, 3.05) is 13.1 Å². The second-order valence-electron chi connectivity index (χ2n) is 7.43. The Morgan fingerprint density at radius 3 is 1.57 bits per heavy atom. The molecule has 2 heteroatoms. The lowest BCUT2D eigenvalue weighted by molar-refractivity contribution is -0.131. The van der Waals surface area contributed by atoms with Gasteiger partial charge in [0.05, 0.1) is 0 Å². The first-order valence-corrected chi connectivity index (χ1v) is 10.6. The van der Waals surface area contributed by atoms with Crippen molar-refractivity contribution in [3.8, 4) is 0 Å². The number of rotatable bonds is 13. The van der Waals surface area contributed by atoms with Crippen molar-refractivity contribution < 1.29 is 4.79 Å². The van der Waals surface area contributed by atoms with E-state index in [4.69, 9.17) is 0 Å². The van der Waals surface area contributed by atoms with Crippen molar-refractivity contribution in [2.45, 2.75) is 116 Å². The van der Waals surface area contributed by atoms with Gasteiger partial charge in [-0.3, -0.25) is 4.79 Å². The largest absolute Gasteiger partial charge is 0.343 e. The van der Waals surface area contributed by atoms with Crippen molar-refractivity contribution in [3.05, 3.63) is 0 Å². The van der Waals surface area contributed by atoms with Crippen LogP contribution >= 0.6 is 0 Å². The molecule has 0 aromatic carbocycles. The van der Waals surface area contributed by atoms with Crippen molar-refractivity contribution in [1.82, 2.24) is 4.90 Å². The van der Waals surface area contributed by atoms with Gasteiger partial charge >= 0.3 is 0 Å². The maximum atomic E-state index is 12.2. The number of unbranched alkanes of at least 4 members (excludes halogenated alkanes) is 11. The molecule has 0 aromatic heterocycles. The van der Waals surface area contributed by atoms with Gasteiger partial charge in [-0.05, 0) is 19.3 Å². The van der Waals surface area contributed by atoms with E-state index >= 15 is 0 Å². The molecule has 1 aliphatic rings. The molecule has 1 fully saturated rings. The number of hydrogen-bond acceptors (Lipinski definition) is 1. The third-order valence-electron chi connectivity index (χ3n) is 5.20. The molecule has 0 bridgehead atoms. The highest BCUT2D eigenvalue weighted by atomic mass is 16.2. The zero-order chi connectivity index (χ0) is 16.6. The summed E-state index contributed by atoms with van der Waals surface area (Å²) in [6, 6.07) is 0. The minimum atomic E-state index is 0.416. The number of likely N-dealkylation sites (tertiary alicyclic amines) is 1. The van der Waals surface area contributed by atoms with Gasteiger partial charge < -0.3 is 4.90 Å². The maximum Gasteiger partial charge on any atom is 0.222 e. The fourth-order valence-corrected chi connectivity index (χ4v) is 3.60. The highest BCUT2D eigenvalue weighted by Crippen LogP contribution is 2.14. The van der Waals surface area contributed by atoms with Crippen molar-refractivity contribution >= 4 is 5.91 Å². The van der Waals surface area contributed by atoms with Gasteiger partial charge in [-0.2, -0.15) is 0 Å². The van der Waals surface area contributed by atoms with E-state index < -0.39 is 0 Å². The van der Waals surface area contributed by atoms with E-state index in [9.17, 15) is 4.79 Å². The van der Waals surface area contributed by atoms with E-state index in [0.29, 0.717) is 5.91 Å². The van der Waals surface area contributed by atoms with Crippen molar-refractivity contribution in [1.29, 1.82) is 0 Å². The summed E-state index contributed by atoms with van der Waals surface area (Å²) in [5.74, 6) is 0.416. The third-order valence-corrected chi connectivity index (χ3v) is 5.20. The molecule has 2 nitrogen and oxygen atoms in total. The van der Waals surface area contributed by atoms with Gasteiger partial charge in [0.2, 0.25) is 5.91 Å². The van der Waals surface area contributed by atoms with E-state index in [0.717, 1.165) is 25.9 Å². The molecule has 0 atom stereocenters. The first-order chi connectivity index (χ1) is 11.3. The van der Waals surface area contributed by atoms with E-state index in [1.54, 1.807) is 0 Å². The van der Waals surface area contributed by atoms with Crippen LogP contribution in [0, 0.1) is 0 Å². The zero-order valence-electron chi connectivity index (χ0n) is 15.8. The monoisotopic (exact) mass is 323 g/mol. The van der Waals surface area contributed by atoms with Crippen LogP contribution < -0.4 is 0 Å². The number of hydrogen-bond donors (Lipinski definition) is 0. The highest BCUT2D eigenvalue weighted by Gasteiger charge is 2.14. The topological polar surface area (TPSA) is 20.3 Å². The summed E-state index contributed by atoms with van der Waals surface area (Å²) in [6.45, 7) is 4.30. The van der Waals surface area contributed by atoms with Crippen molar-refractivity contribution in [2.24, 2.45) is 0 Å². The van der Waals surface area contributed by atoms with Crippen LogP contribution in [-0.2, 0) is 4.79 Å². The highest BCUT2D eigenvalue weighted by molar-refractivity contribution is 5.76. The van der Waals surface area contributed by atoms with Gasteiger partial charge in [0.1, 0.15) is 0 Å². The quantitative estimate of drug-likeness (QED) is 0.355. The van der Waals surface area contributed by atoms with E-state index in [1.807, 2.05) is 0 Å². The van der Waals surface area contributed by atoms with Crippen LogP contribution in [0.3, 0.4) is 0 Å². The maximum absolute atomic E-state index is 12.2. The van der Waals surface area contributed by atoms with E-state index in [1.165, 1.54) is 96.3 Å². The Bertz CT molecular complexity index is 269. The Labute approximate surface area is 145 Å². The fourth-order valence-electron chi connectivity index (χ4n) is 3.60. The summed E-state index contributed by atoms with van der Waals surface area (Å²) in [5.41, 5.74) is 0. The van der Waals surface area contributed by atoms with Gasteiger partial charge in [0.25, 0.3) is 0 Å². The van der Waals surface area contributed by atoms with Gasteiger partial charge in [-0.15, -0.1) is 0 Å². The van der Waals surface area contributed by atoms with Gasteiger partial charge in [0, 0.05) is 19.5 Å². The summed E-state index contributed by atoms with van der Waals surface area (Å²) in [6.07, 6.45) is 22.2. The van der Waals surface area contributed by atoms with Crippen LogP contribution in [0.2, 0.25) is 0 Å². The van der Waals surface area contributed by atoms with Crippen LogP contribution in [0.15, 0.2) is 0 Å². The summed E-state index contributed by atoms with van der Waals surface area (Å²) < 4.78 is 0. The number of carbonyl (C=O) groups is 1. The fraction of sp³-hybridized carbons (Fsp3) is 0.952. The van der Waals surface area contributed by atoms with Gasteiger partial charge in [-0.25, -0.2) is 0 Å². The molecule has 0 N–H and O–H groups in total. The normalized spacial score (nSPS) is 15.6. The lowest BCUT2D eigenvalue weighted by atomic mass is 10.0. The predicted octanol–water partition coefficient (Wildman–Crippen LogP) is 6.48. The molecule has 1 saturated heterocycles. The molecular formula is C21H41NO. The standard InChI is InChI=1S/C21H41NO/c1-2-3-4-5-6-7-8-9-10-11-12-15-18-21(23)22-19-16-13-14-17-20-22/h2-20H2,1H3. The second kappa shape index (κ2) is 15.0. The number of nitrogens with zero attached hydrogens (tertiary/aromatic N) is 1. The summed E-state index contributed by atoms with van der Waals surface area (Å²) >= 11 is 0. The Morgan fingerprint density at radius 2 is 1.09 bits per heavy atom. The lowest BCUT2D eigenvalue weighted by Crippen LogP contribution is -2.31. The summed E-state index contributed by atoms with van der Waals surface area (Å²) in [5, 5.41) is 0. The van der Waals surface area contributed by atoms with Crippen LogP contribution in [0.4, 0.5) is 0 Å². The minimum absolute atomic E-state index is 0.416. The molecule has 0 aliphatic carbocycles. The molecule has 1 amide bonds. The third kappa shape index (κ3) is 11.6. The Morgan fingerprint density at radius 1 is 0.652 bits per heavy atom. The molecule has 0 saturated carbocycles. The lowest BCUT2D eigenvalue weighted by Gasteiger charge is -2.20. The van der Waals surface area contributed by atoms with Crippen LogP contribution in [-0.4, -0.2) is 23.9 Å². The van der Waals surface area contributed by atoms with Crippen molar-refractivity contribution in [3.63, 3.8) is 0 Å². The Balaban J connectivity index is 1.83. The van der Waals surface area contributed by atoms with E-state index in [-0.39, 0.29) is 0 Å². The first kappa shape index (κ1) is 20.5. The molecule has 1 aliphatic heterocycles. The molecule has 136 valence electrons. The molecule has 23 heavy (non-hydrogen) atoms. The molecular weight excluding hydrogens is 282 g/mol. The Hall–Kier alpha value is -0.530. The zero-order valence-corrected chi connectivity index (χ0v) is 15.8. The molecule has 0 spiro atoms. The molecule has 0 radical (unpaired) electrons. The van der Waals surface area contributed by atoms with Crippen LogP contribution in [0.25, 0.3) is 0 Å². The Kier molecular flexibility index (Phi) is 13.4. The smallest absolute Gasteiger partial charge is 0.222 e. The molecule has 1 rings (SSSR count). The molecule has 0 aromatic rings. The average Bonchev–Trinajstić information content (AvgIpc) is 2.85. The first-order valence-electron chi connectivity index (χ1n) is 10.6.